The number of hydrogen-bond acceptors (Lipinski definition) is 3. The highest BCUT2D eigenvalue weighted by Crippen LogP contribution is 2.59. The zero-order chi connectivity index (χ0) is 21.8. The summed E-state index contributed by atoms with van der Waals surface area (Å²) < 4.78 is 11.3. The number of rotatable bonds is 11. The fourth-order valence-corrected chi connectivity index (χ4v) is 6.03. The summed E-state index contributed by atoms with van der Waals surface area (Å²) in [6, 6.07) is 8.99. The van der Waals surface area contributed by atoms with Gasteiger partial charge in [0.1, 0.15) is 24.9 Å². The summed E-state index contributed by atoms with van der Waals surface area (Å²) in [5.41, 5.74) is 3.26. The number of aliphatic hydroxyl groups is 1. The predicted molar refractivity (Wildman–Crippen MR) is 122 cm³/mol. The van der Waals surface area contributed by atoms with Crippen LogP contribution in [0.3, 0.4) is 0 Å². The summed E-state index contributed by atoms with van der Waals surface area (Å²) in [6.45, 7) is 10.1. The zero-order valence-electron chi connectivity index (χ0n) is 19.6. The smallest absolute Gasteiger partial charge is 0.163 e. The van der Waals surface area contributed by atoms with Crippen LogP contribution in [0, 0.1) is 17.3 Å². The maximum absolute atomic E-state index is 10.5. The van der Waals surface area contributed by atoms with Gasteiger partial charge in [-0.15, -0.1) is 0 Å². The topological polar surface area (TPSA) is 59.7 Å². The molecule has 5 nitrogen and oxygen atoms in total. The van der Waals surface area contributed by atoms with Crippen LogP contribution in [0.25, 0.3) is 0 Å². The van der Waals surface area contributed by atoms with E-state index in [1.54, 1.807) is 12.0 Å². The number of methoxy groups -OCH3 is 1. The van der Waals surface area contributed by atoms with Crippen molar-refractivity contribution >= 4 is 0 Å². The summed E-state index contributed by atoms with van der Waals surface area (Å²) in [6.07, 6.45) is 7.12. The molecule has 0 aromatic heterocycles. The van der Waals surface area contributed by atoms with Gasteiger partial charge in [0.25, 0.3) is 0 Å². The number of likely N-dealkylation sites (tertiary alicyclic amines) is 1. The highest BCUT2D eigenvalue weighted by molar-refractivity contribution is 5.28. The Morgan fingerprint density at radius 1 is 1.16 bits per heavy atom. The molecule has 1 heterocycles. The van der Waals surface area contributed by atoms with Gasteiger partial charge in [-0.1, -0.05) is 19.9 Å². The van der Waals surface area contributed by atoms with Gasteiger partial charge in [0.05, 0.1) is 33.4 Å². The number of allylic oxidation sites excluding steroid dienone is 1. The van der Waals surface area contributed by atoms with Crippen molar-refractivity contribution in [1.29, 1.82) is 0 Å². The van der Waals surface area contributed by atoms with Crippen LogP contribution in [0.4, 0.5) is 0 Å². The summed E-state index contributed by atoms with van der Waals surface area (Å²) in [5.74, 6) is 2.45. The molecular formula is C26H42N2O3+2. The number of nitrogens with two attached hydrogens (primary N) is 1. The van der Waals surface area contributed by atoms with Crippen LogP contribution in [0.15, 0.2) is 35.9 Å². The molecule has 3 aliphatic carbocycles. The third-order valence-corrected chi connectivity index (χ3v) is 8.26. The van der Waals surface area contributed by atoms with Gasteiger partial charge in [-0.2, -0.15) is 0 Å². The molecule has 4 N–H and O–H groups in total. The minimum absolute atomic E-state index is 0.420. The van der Waals surface area contributed by atoms with Crippen molar-refractivity contribution in [2.24, 2.45) is 17.3 Å². The average molecular weight is 431 g/mol. The third kappa shape index (κ3) is 5.16. The average Bonchev–Trinajstić information content (AvgIpc) is 3.31. The van der Waals surface area contributed by atoms with Crippen LogP contribution in [0.1, 0.15) is 51.1 Å². The summed E-state index contributed by atoms with van der Waals surface area (Å²) >= 11 is 0. The Bertz CT molecular complexity index is 740. The quantitative estimate of drug-likeness (QED) is 0.465. The van der Waals surface area contributed by atoms with Crippen molar-refractivity contribution in [3.8, 4) is 5.75 Å². The largest absolute Gasteiger partial charge is 0.497 e. The molecule has 31 heavy (non-hydrogen) atoms. The van der Waals surface area contributed by atoms with Gasteiger partial charge in [-0.25, -0.2) is 0 Å². The lowest BCUT2D eigenvalue weighted by molar-refractivity contribution is -0.934. The zero-order valence-corrected chi connectivity index (χ0v) is 19.6. The molecule has 4 aliphatic rings. The molecule has 1 aliphatic heterocycles. The monoisotopic (exact) mass is 430 g/mol. The number of fused-ring (bicyclic) bond motifs is 1. The Balaban J connectivity index is 1.21. The Morgan fingerprint density at radius 3 is 2.55 bits per heavy atom. The molecule has 0 spiro atoms. The molecule has 1 saturated heterocycles. The molecule has 5 heteroatoms. The number of quaternary nitrogens is 2. The first-order chi connectivity index (χ1) is 15.0. The van der Waals surface area contributed by atoms with Crippen molar-refractivity contribution in [3.63, 3.8) is 0 Å². The molecule has 0 amide bonds. The highest BCUT2D eigenvalue weighted by atomic mass is 16.5. The fourth-order valence-electron chi connectivity index (χ4n) is 6.03. The summed E-state index contributed by atoms with van der Waals surface area (Å²) in [4.78, 5) is 1.66. The van der Waals surface area contributed by atoms with Gasteiger partial charge in [0.15, 0.2) is 6.04 Å². The van der Waals surface area contributed by atoms with Crippen molar-refractivity contribution in [2.75, 3.05) is 46.5 Å². The van der Waals surface area contributed by atoms with Crippen LogP contribution >= 0.6 is 0 Å². The molecule has 5 rings (SSSR count). The van der Waals surface area contributed by atoms with Crippen LogP contribution in [-0.2, 0) is 4.74 Å². The second kappa shape index (κ2) is 10.0. The second-order valence-electron chi connectivity index (χ2n) is 10.4. The molecule has 2 bridgehead atoms. The molecule has 1 saturated carbocycles. The standard InChI is InChI=1S/C26H40N2O3/c1-26(2)21-9-6-20(24(26)14-21)17-31-18-22(29)15-27-16-25(28-12-4-5-13-28)19-7-10-23(30-3)11-8-19/h6-8,10-11,21-22,24-25,27,29H,4-5,9,12-18H2,1-3H3/p+2/t21-,22-,24-,25-/m1/s1. The van der Waals surface area contributed by atoms with E-state index >= 15 is 0 Å². The molecule has 4 atom stereocenters. The van der Waals surface area contributed by atoms with E-state index in [0.29, 0.717) is 37.1 Å². The lowest BCUT2D eigenvalue weighted by Crippen LogP contribution is -3.13. The highest BCUT2D eigenvalue weighted by Gasteiger charge is 2.50. The Kier molecular flexibility index (Phi) is 7.37. The lowest BCUT2D eigenvalue weighted by Gasteiger charge is -2.56. The molecule has 2 fully saturated rings. The molecule has 0 unspecified atom stereocenters. The van der Waals surface area contributed by atoms with Crippen molar-refractivity contribution < 1.29 is 24.8 Å². The van der Waals surface area contributed by atoms with E-state index in [-0.39, 0.29) is 0 Å². The predicted octanol–water partition coefficient (Wildman–Crippen LogP) is 1.35. The van der Waals surface area contributed by atoms with Crippen LogP contribution in [0.5, 0.6) is 5.75 Å². The Hall–Kier alpha value is -1.40. The second-order valence-corrected chi connectivity index (χ2v) is 10.4. The number of benzene rings is 1. The van der Waals surface area contributed by atoms with E-state index in [0.717, 1.165) is 18.2 Å². The van der Waals surface area contributed by atoms with Crippen LogP contribution in [-0.4, -0.2) is 57.7 Å². The minimum Gasteiger partial charge on any atom is -0.497 e. The fraction of sp³-hybridized carbons (Fsp3) is 0.692. The Morgan fingerprint density at radius 2 is 1.90 bits per heavy atom. The van der Waals surface area contributed by atoms with E-state index in [1.807, 2.05) is 0 Å². The van der Waals surface area contributed by atoms with Crippen molar-refractivity contribution in [1.82, 2.24) is 0 Å². The summed E-state index contributed by atoms with van der Waals surface area (Å²) in [5, 5.41) is 12.7. The lowest BCUT2D eigenvalue weighted by atomic mass is 9.49. The van der Waals surface area contributed by atoms with Crippen molar-refractivity contribution in [2.45, 2.75) is 51.7 Å². The van der Waals surface area contributed by atoms with E-state index in [1.165, 1.54) is 49.9 Å². The van der Waals surface area contributed by atoms with Crippen LogP contribution in [0.2, 0.25) is 0 Å². The third-order valence-electron chi connectivity index (χ3n) is 8.26. The first-order valence-corrected chi connectivity index (χ1v) is 12.2. The molecule has 0 radical (unpaired) electrons. The number of aliphatic hydroxyl groups excluding tert-OH is 1. The molecule has 1 aromatic rings. The molecular weight excluding hydrogens is 388 g/mol. The van der Waals surface area contributed by atoms with Crippen molar-refractivity contribution in [3.05, 3.63) is 41.5 Å². The Labute approximate surface area is 187 Å². The first-order valence-electron chi connectivity index (χ1n) is 12.2. The van der Waals surface area contributed by atoms with Gasteiger partial charge in [-0.05, 0) is 59.9 Å². The SMILES string of the molecule is COc1ccc([C@@H](C[NH2+]C[C@@H](O)COCC2=CC[C@@H]3C[C@H]2C3(C)C)[NH+]2CCCC2)cc1. The maximum atomic E-state index is 10.5. The normalized spacial score (nSPS) is 26.8. The van der Waals surface area contributed by atoms with Gasteiger partial charge in [0.2, 0.25) is 0 Å². The number of hydrogen-bond donors (Lipinski definition) is 3. The molecule has 172 valence electrons. The van der Waals surface area contributed by atoms with Gasteiger partial charge in [0, 0.05) is 18.4 Å². The van der Waals surface area contributed by atoms with Gasteiger partial charge in [-0.3, -0.25) is 0 Å². The van der Waals surface area contributed by atoms with E-state index in [2.05, 4.69) is 49.5 Å². The van der Waals surface area contributed by atoms with E-state index < -0.39 is 6.10 Å². The maximum Gasteiger partial charge on any atom is 0.163 e. The van der Waals surface area contributed by atoms with Gasteiger partial charge >= 0.3 is 0 Å². The first kappa shape index (κ1) is 22.8. The number of nitrogens with one attached hydrogen (secondary N) is 1. The van der Waals surface area contributed by atoms with Gasteiger partial charge < -0.3 is 24.8 Å². The van der Waals surface area contributed by atoms with Crippen LogP contribution < -0.4 is 15.0 Å². The molecule has 1 aromatic carbocycles. The number of ether oxygens (including phenoxy) is 2. The van der Waals surface area contributed by atoms with E-state index in [4.69, 9.17) is 9.47 Å². The minimum atomic E-state index is -0.420. The summed E-state index contributed by atoms with van der Waals surface area (Å²) in [7, 11) is 1.71. The van der Waals surface area contributed by atoms with E-state index in [9.17, 15) is 5.11 Å².